The van der Waals surface area contributed by atoms with Crippen LogP contribution in [0.25, 0.3) is 0 Å². The largest absolute Gasteiger partial charge is 0.478 e. The van der Waals surface area contributed by atoms with Crippen LogP contribution in [0, 0.1) is 5.41 Å². The molecule has 2 aliphatic rings. The molecule has 1 amide bonds. The van der Waals surface area contributed by atoms with E-state index in [0.717, 1.165) is 25.8 Å². The minimum Gasteiger partial charge on any atom is -0.478 e. The van der Waals surface area contributed by atoms with Crippen molar-refractivity contribution in [3.8, 4) is 0 Å². The minimum atomic E-state index is -5.10. The monoisotopic (exact) mass is 371 g/mol. The molecule has 1 aliphatic heterocycles. The first-order valence-electron chi connectivity index (χ1n) is 8.43. The van der Waals surface area contributed by atoms with Gasteiger partial charge in [0.05, 0.1) is 22.6 Å². The number of nitrogens with zero attached hydrogens (tertiary/aromatic N) is 1. The summed E-state index contributed by atoms with van der Waals surface area (Å²) in [6.45, 7) is 4.12. The highest BCUT2D eigenvalue weighted by molar-refractivity contribution is 6.04. The maximum atomic E-state index is 12.6. The molecular weight excluding hydrogens is 351 g/mol. The quantitative estimate of drug-likeness (QED) is 0.757. The van der Waals surface area contributed by atoms with Crippen molar-refractivity contribution in [3.05, 3.63) is 17.7 Å². The molecule has 0 saturated heterocycles. The normalized spacial score (nSPS) is 17.9. The average Bonchev–Trinajstić information content (AvgIpc) is 3.33. The first-order chi connectivity index (χ1) is 12.1. The molecule has 9 heteroatoms. The third-order valence-electron chi connectivity index (χ3n) is 4.84. The Hall–Kier alpha value is -2.45. The van der Waals surface area contributed by atoms with Crippen molar-refractivity contribution in [2.75, 3.05) is 35.2 Å². The van der Waals surface area contributed by atoms with Gasteiger partial charge in [-0.3, -0.25) is 4.79 Å². The number of rotatable bonds is 4. The van der Waals surface area contributed by atoms with E-state index >= 15 is 0 Å². The number of anilines is 3. The highest BCUT2D eigenvalue weighted by Gasteiger charge is 2.46. The van der Waals surface area contributed by atoms with Gasteiger partial charge < -0.3 is 20.6 Å². The molecule has 3 rings (SSSR count). The molecule has 1 aromatic carbocycles. The van der Waals surface area contributed by atoms with Gasteiger partial charge in [-0.25, -0.2) is 4.79 Å². The summed E-state index contributed by atoms with van der Waals surface area (Å²) in [6, 6.07) is 2.63. The number of carbonyl (C=O) groups is 2. The zero-order valence-electron chi connectivity index (χ0n) is 14.2. The summed E-state index contributed by atoms with van der Waals surface area (Å²) in [5, 5.41) is 14.3. The summed E-state index contributed by atoms with van der Waals surface area (Å²) >= 11 is 0. The fourth-order valence-corrected chi connectivity index (χ4v) is 3.27. The van der Waals surface area contributed by atoms with Gasteiger partial charge in [-0.05, 0) is 31.4 Å². The van der Waals surface area contributed by atoms with Crippen LogP contribution < -0.4 is 15.5 Å². The van der Waals surface area contributed by atoms with Gasteiger partial charge >= 0.3 is 18.1 Å². The van der Waals surface area contributed by atoms with Crippen LogP contribution in [-0.2, 0) is 4.79 Å². The van der Waals surface area contributed by atoms with Gasteiger partial charge in [-0.1, -0.05) is 6.92 Å². The van der Waals surface area contributed by atoms with Crippen LogP contribution in [0.2, 0.25) is 0 Å². The summed E-state index contributed by atoms with van der Waals surface area (Å²) in [5.41, 5.74) is 0.556. The first-order valence-corrected chi connectivity index (χ1v) is 8.43. The SMILES string of the molecule is CCCN1CC2(CC2)CNc2cc(C(=O)O)c(NC(=O)C(F)(F)F)cc21. The van der Waals surface area contributed by atoms with Gasteiger partial charge in [0, 0.05) is 25.0 Å². The van der Waals surface area contributed by atoms with Crippen molar-refractivity contribution < 1.29 is 27.9 Å². The average molecular weight is 371 g/mol. The van der Waals surface area contributed by atoms with Crippen LogP contribution in [0.5, 0.6) is 0 Å². The second-order valence-corrected chi connectivity index (χ2v) is 6.95. The lowest BCUT2D eigenvalue weighted by atomic mass is 10.1. The van der Waals surface area contributed by atoms with E-state index in [2.05, 4.69) is 10.2 Å². The van der Waals surface area contributed by atoms with Gasteiger partial charge in [-0.15, -0.1) is 0 Å². The predicted molar refractivity (Wildman–Crippen MR) is 90.7 cm³/mol. The number of nitrogens with one attached hydrogen (secondary N) is 2. The van der Waals surface area contributed by atoms with Crippen molar-refractivity contribution in [1.82, 2.24) is 0 Å². The van der Waals surface area contributed by atoms with Crippen LogP contribution >= 0.6 is 0 Å². The Morgan fingerprint density at radius 3 is 2.58 bits per heavy atom. The lowest BCUT2D eigenvalue weighted by molar-refractivity contribution is -0.167. The molecule has 0 unspecified atom stereocenters. The number of alkyl halides is 3. The Labute approximate surface area is 148 Å². The molecule has 0 bridgehead atoms. The van der Waals surface area contributed by atoms with E-state index < -0.39 is 18.1 Å². The van der Waals surface area contributed by atoms with Gasteiger partial charge in [0.1, 0.15) is 0 Å². The minimum absolute atomic E-state index is 0.118. The maximum absolute atomic E-state index is 12.6. The molecule has 0 atom stereocenters. The summed E-state index contributed by atoms with van der Waals surface area (Å²) in [5.74, 6) is -3.60. The molecule has 1 spiro atoms. The van der Waals surface area contributed by atoms with Crippen molar-refractivity contribution in [3.63, 3.8) is 0 Å². The molecule has 1 heterocycles. The fraction of sp³-hybridized carbons (Fsp3) is 0.529. The van der Waals surface area contributed by atoms with Gasteiger partial charge in [-0.2, -0.15) is 13.2 Å². The molecule has 26 heavy (non-hydrogen) atoms. The van der Waals surface area contributed by atoms with Crippen LogP contribution in [0.1, 0.15) is 36.5 Å². The topological polar surface area (TPSA) is 81.7 Å². The summed E-state index contributed by atoms with van der Waals surface area (Å²) in [4.78, 5) is 24.9. The lowest BCUT2D eigenvalue weighted by Crippen LogP contribution is -2.32. The number of hydrogen-bond acceptors (Lipinski definition) is 4. The molecule has 0 aromatic heterocycles. The second kappa shape index (κ2) is 6.37. The van der Waals surface area contributed by atoms with Crippen LogP contribution in [0.3, 0.4) is 0 Å². The zero-order valence-corrected chi connectivity index (χ0v) is 14.2. The molecule has 142 valence electrons. The predicted octanol–water partition coefficient (Wildman–Crippen LogP) is 3.31. The van der Waals surface area contributed by atoms with Gasteiger partial charge in [0.2, 0.25) is 0 Å². The maximum Gasteiger partial charge on any atom is 0.471 e. The smallest absolute Gasteiger partial charge is 0.471 e. The van der Waals surface area contributed by atoms with E-state index in [-0.39, 0.29) is 16.7 Å². The Morgan fingerprint density at radius 1 is 1.35 bits per heavy atom. The van der Waals surface area contributed by atoms with Crippen LogP contribution in [0.15, 0.2) is 12.1 Å². The number of aromatic carboxylic acids is 1. The number of amides is 1. The number of carbonyl (C=O) groups excluding carboxylic acids is 1. The number of carboxylic acids is 1. The Bertz CT molecular complexity index is 745. The number of halogens is 3. The Balaban J connectivity index is 2.03. The zero-order chi connectivity index (χ0) is 19.1. The molecular formula is C17H20F3N3O3. The van der Waals surface area contributed by atoms with Gasteiger partial charge in [0.25, 0.3) is 0 Å². The van der Waals surface area contributed by atoms with Crippen LogP contribution in [-0.4, -0.2) is 42.8 Å². The van der Waals surface area contributed by atoms with Crippen molar-refractivity contribution in [2.45, 2.75) is 32.4 Å². The Kier molecular flexibility index (Phi) is 4.49. The molecule has 6 nitrogen and oxygen atoms in total. The number of fused-ring (bicyclic) bond motifs is 1. The molecule has 1 saturated carbocycles. The third kappa shape index (κ3) is 3.56. The number of carboxylic acid groups (broad SMARTS) is 1. The summed E-state index contributed by atoms with van der Waals surface area (Å²) < 4.78 is 37.8. The molecule has 1 aliphatic carbocycles. The lowest BCUT2D eigenvalue weighted by Gasteiger charge is -2.27. The van der Waals surface area contributed by atoms with Gasteiger partial charge in [0.15, 0.2) is 0 Å². The van der Waals surface area contributed by atoms with Crippen molar-refractivity contribution in [2.24, 2.45) is 5.41 Å². The second-order valence-electron chi connectivity index (χ2n) is 6.95. The molecule has 1 aromatic rings. The van der Waals surface area contributed by atoms with E-state index in [1.54, 1.807) is 5.32 Å². The number of hydrogen-bond donors (Lipinski definition) is 3. The first kappa shape index (κ1) is 18.3. The Morgan fingerprint density at radius 2 is 2.04 bits per heavy atom. The highest BCUT2D eigenvalue weighted by atomic mass is 19.4. The highest BCUT2D eigenvalue weighted by Crippen LogP contribution is 2.50. The third-order valence-corrected chi connectivity index (χ3v) is 4.84. The van der Waals surface area contributed by atoms with Crippen molar-refractivity contribution in [1.29, 1.82) is 0 Å². The van der Waals surface area contributed by atoms with E-state index in [1.165, 1.54) is 12.1 Å². The molecule has 0 radical (unpaired) electrons. The van der Waals surface area contributed by atoms with E-state index in [1.807, 2.05) is 6.92 Å². The van der Waals surface area contributed by atoms with Crippen LogP contribution in [0.4, 0.5) is 30.2 Å². The summed E-state index contributed by atoms with van der Waals surface area (Å²) in [6.07, 6.45) is -2.16. The van der Waals surface area contributed by atoms with E-state index in [4.69, 9.17) is 0 Å². The molecule has 3 N–H and O–H groups in total. The summed E-state index contributed by atoms with van der Waals surface area (Å²) in [7, 11) is 0. The van der Waals surface area contributed by atoms with Crippen molar-refractivity contribution >= 4 is 28.9 Å². The fourth-order valence-electron chi connectivity index (χ4n) is 3.27. The molecule has 1 fully saturated rings. The number of benzene rings is 1. The standard InChI is InChI=1S/C17H20F3N3O3/c1-2-5-23-9-16(3-4-16)8-21-12-6-10(14(24)25)11(7-13(12)23)22-15(26)17(18,19)20/h6-7,21H,2-5,8-9H2,1H3,(H,22,26)(H,24,25). The van der Waals surface area contributed by atoms with E-state index in [0.29, 0.717) is 24.5 Å². The van der Waals surface area contributed by atoms with E-state index in [9.17, 15) is 27.9 Å².